The van der Waals surface area contributed by atoms with Gasteiger partial charge >= 0.3 is 0 Å². The Hall–Kier alpha value is -0.920. The summed E-state index contributed by atoms with van der Waals surface area (Å²) in [5, 5.41) is 13.0. The lowest BCUT2D eigenvalue weighted by Crippen LogP contribution is -2.22. The standard InChI is InChI=1S/C12H10BrN3O2S3/c13-10-1-2-11(20-10)21(17,18)16-12-8(5-14)7-3-4-15-6-9(7)19-12/h1-2,15-16H,3-4,6H2. The number of anilines is 1. The van der Waals surface area contributed by atoms with Crippen molar-refractivity contribution in [2.45, 2.75) is 17.2 Å². The van der Waals surface area contributed by atoms with Gasteiger partial charge in [0, 0.05) is 11.4 Å². The molecule has 2 aromatic rings. The molecule has 0 aromatic carbocycles. The van der Waals surface area contributed by atoms with E-state index >= 15 is 0 Å². The van der Waals surface area contributed by atoms with Crippen LogP contribution in [0.2, 0.25) is 0 Å². The molecule has 21 heavy (non-hydrogen) atoms. The van der Waals surface area contributed by atoms with E-state index in [0.717, 1.165) is 38.5 Å². The van der Waals surface area contributed by atoms with Gasteiger partial charge in [-0.15, -0.1) is 22.7 Å². The molecule has 110 valence electrons. The summed E-state index contributed by atoms with van der Waals surface area (Å²) in [6, 6.07) is 5.36. The fourth-order valence-corrected chi connectivity index (χ4v) is 6.62. The fraction of sp³-hybridized carbons (Fsp3) is 0.250. The lowest BCUT2D eigenvalue weighted by Gasteiger charge is -2.11. The second-order valence-corrected chi connectivity index (χ2v) is 9.89. The summed E-state index contributed by atoms with van der Waals surface area (Å²) in [5.74, 6) is 0. The first-order valence-electron chi connectivity index (χ1n) is 6.05. The molecule has 0 atom stereocenters. The van der Waals surface area contributed by atoms with E-state index < -0.39 is 10.0 Å². The van der Waals surface area contributed by atoms with Crippen LogP contribution in [0.25, 0.3) is 0 Å². The van der Waals surface area contributed by atoms with Crippen molar-refractivity contribution >= 4 is 53.6 Å². The van der Waals surface area contributed by atoms with Crippen LogP contribution in [0, 0.1) is 11.3 Å². The quantitative estimate of drug-likeness (QED) is 0.824. The summed E-state index contributed by atoms with van der Waals surface area (Å²) in [4.78, 5) is 1.03. The second kappa shape index (κ2) is 5.70. The molecule has 0 amide bonds. The Morgan fingerprint density at radius 2 is 2.19 bits per heavy atom. The maximum absolute atomic E-state index is 12.4. The molecule has 0 fully saturated rings. The predicted octanol–water partition coefficient (Wildman–Crippen LogP) is 2.89. The Kier molecular flexibility index (Phi) is 4.07. The number of fused-ring (bicyclic) bond motifs is 1. The number of nitrogens with one attached hydrogen (secondary N) is 2. The first-order valence-corrected chi connectivity index (χ1v) is 9.95. The molecular formula is C12H10BrN3O2S3. The normalized spacial score (nSPS) is 14.5. The van der Waals surface area contributed by atoms with Crippen LogP contribution in [-0.2, 0) is 23.0 Å². The molecule has 2 N–H and O–H groups in total. The summed E-state index contributed by atoms with van der Waals surface area (Å²) in [7, 11) is -3.65. The monoisotopic (exact) mass is 403 g/mol. The van der Waals surface area contributed by atoms with E-state index in [1.807, 2.05) is 0 Å². The third kappa shape index (κ3) is 2.86. The molecule has 0 saturated carbocycles. The molecular weight excluding hydrogens is 394 g/mol. The highest BCUT2D eigenvalue weighted by Gasteiger charge is 2.25. The molecule has 9 heteroatoms. The van der Waals surface area contributed by atoms with Gasteiger partial charge < -0.3 is 5.32 Å². The van der Waals surface area contributed by atoms with Crippen LogP contribution >= 0.6 is 38.6 Å². The number of rotatable bonds is 3. The van der Waals surface area contributed by atoms with E-state index in [0.29, 0.717) is 17.1 Å². The van der Waals surface area contributed by atoms with E-state index in [1.165, 1.54) is 17.4 Å². The van der Waals surface area contributed by atoms with Crippen molar-refractivity contribution in [3.05, 3.63) is 31.9 Å². The van der Waals surface area contributed by atoms with Crippen LogP contribution in [0.3, 0.4) is 0 Å². The van der Waals surface area contributed by atoms with Gasteiger partial charge in [-0.3, -0.25) is 4.72 Å². The minimum atomic E-state index is -3.65. The minimum Gasteiger partial charge on any atom is -0.312 e. The maximum Gasteiger partial charge on any atom is 0.272 e. The van der Waals surface area contributed by atoms with Crippen LogP contribution in [0.4, 0.5) is 5.00 Å². The Morgan fingerprint density at radius 3 is 2.86 bits per heavy atom. The van der Waals surface area contributed by atoms with Gasteiger partial charge in [0.2, 0.25) is 0 Å². The van der Waals surface area contributed by atoms with Crippen molar-refractivity contribution in [3.8, 4) is 6.07 Å². The third-order valence-electron chi connectivity index (χ3n) is 3.08. The lowest BCUT2D eigenvalue weighted by molar-refractivity contribution is 0.603. The van der Waals surface area contributed by atoms with Crippen LogP contribution in [-0.4, -0.2) is 15.0 Å². The van der Waals surface area contributed by atoms with E-state index in [4.69, 9.17) is 0 Å². The molecule has 3 heterocycles. The average molecular weight is 404 g/mol. The Balaban J connectivity index is 1.99. The van der Waals surface area contributed by atoms with Crippen molar-refractivity contribution in [1.29, 1.82) is 5.26 Å². The molecule has 5 nitrogen and oxygen atoms in total. The number of thiophene rings is 2. The van der Waals surface area contributed by atoms with E-state index in [-0.39, 0.29) is 4.21 Å². The largest absolute Gasteiger partial charge is 0.312 e. The molecule has 0 radical (unpaired) electrons. The average Bonchev–Trinajstić information content (AvgIpc) is 3.01. The third-order valence-corrected chi connectivity index (χ3v) is 7.82. The van der Waals surface area contributed by atoms with Crippen molar-refractivity contribution in [2.75, 3.05) is 11.3 Å². The number of nitrogens with zero attached hydrogens (tertiary/aromatic N) is 1. The van der Waals surface area contributed by atoms with Crippen LogP contribution in [0.15, 0.2) is 20.1 Å². The number of halogens is 1. The topological polar surface area (TPSA) is 82.0 Å². The van der Waals surface area contributed by atoms with Crippen molar-refractivity contribution in [2.24, 2.45) is 0 Å². The maximum atomic E-state index is 12.4. The number of sulfonamides is 1. The smallest absolute Gasteiger partial charge is 0.272 e. The van der Waals surface area contributed by atoms with Gasteiger partial charge in [0.1, 0.15) is 15.3 Å². The summed E-state index contributed by atoms with van der Waals surface area (Å²) < 4.78 is 28.2. The van der Waals surface area contributed by atoms with Crippen molar-refractivity contribution < 1.29 is 8.42 Å². The summed E-state index contributed by atoms with van der Waals surface area (Å²) in [6.07, 6.45) is 0.751. The minimum absolute atomic E-state index is 0.225. The van der Waals surface area contributed by atoms with Crippen LogP contribution in [0.1, 0.15) is 16.0 Å². The van der Waals surface area contributed by atoms with Gasteiger partial charge in [-0.25, -0.2) is 8.42 Å². The zero-order valence-electron chi connectivity index (χ0n) is 10.6. The SMILES string of the molecule is N#Cc1c(NS(=O)(=O)c2ccc(Br)s2)sc2c1CCNC2. The molecule has 0 unspecified atom stereocenters. The number of hydrogen-bond donors (Lipinski definition) is 2. The summed E-state index contributed by atoms with van der Waals surface area (Å²) in [6.45, 7) is 1.49. The molecule has 1 aliphatic heterocycles. The first kappa shape index (κ1) is 15.0. The van der Waals surface area contributed by atoms with Crippen LogP contribution < -0.4 is 10.0 Å². The highest BCUT2D eigenvalue weighted by atomic mass is 79.9. The zero-order valence-corrected chi connectivity index (χ0v) is 14.7. The predicted molar refractivity (Wildman–Crippen MR) is 87.3 cm³/mol. The number of nitriles is 1. The fourth-order valence-electron chi connectivity index (χ4n) is 2.14. The van der Waals surface area contributed by atoms with Crippen molar-refractivity contribution in [1.82, 2.24) is 5.32 Å². The van der Waals surface area contributed by atoms with Gasteiger partial charge in [-0.1, -0.05) is 0 Å². The van der Waals surface area contributed by atoms with Gasteiger partial charge in [0.25, 0.3) is 10.0 Å². The lowest BCUT2D eigenvalue weighted by atomic mass is 10.1. The molecule has 0 aliphatic carbocycles. The first-order chi connectivity index (χ1) is 10.0. The van der Waals surface area contributed by atoms with Crippen LogP contribution in [0.5, 0.6) is 0 Å². The Labute approximate surface area is 138 Å². The molecule has 0 spiro atoms. The number of hydrogen-bond acceptors (Lipinski definition) is 6. The van der Waals surface area contributed by atoms with E-state index in [1.54, 1.807) is 6.07 Å². The molecule has 0 bridgehead atoms. The zero-order chi connectivity index (χ0) is 15.0. The van der Waals surface area contributed by atoms with Gasteiger partial charge in [-0.05, 0) is 46.6 Å². The molecule has 0 saturated heterocycles. The summed E-state index contributed by atoms with van der Waals surface area (Å²) >= 11 is 5.72. The van der Waals surface area contributed by atoms with Gasteiger partial charge in [0.15, 0.2) is 0 Å². The molecule has 1 aliphatic rings. The Morgan fingerprint density at radius 1 is 1.38 bits per heavy atom. The second-order valence-electron chi connectivity index (χ2n) is 4.41. The molecule has 2 aromatic heterocycles. The van der Waals surface area contributed by atoms with Gasteiger partial charge in [-0.2, -0.15) is 5.26 Å². The van der Waals surface area contributed by atoms with E-state index in [9.17, 15) is 13.7 Å². The van der Waals surface area contributed by atoms with Crippen molar-refractivity contribution in [3.63, 3.8) is 0 Å². The summed E-state index contributed by atoms with van der Waals surface area (Å²) in [5.41, 5.74) is 1.42. The molecule has 3 rings (SSSR count). The van der Waals surface area contributed by atoms with Gasteiger partial charge in [0.05, 0.1) is 9.35 Å². The Bertz CT molecular complexity index is 833. The van der Waals surface area contributed by atoms with E-state index in [2.05, 4.69) is 32.0 Å². The highest BCUT2D eigenvalue weighted by Crippen LogP contribution is 2.37. The highest BCUT2D eigenvalue weighted by molar-refractivity contribution is 9.11.